The fourth-order valence-corrected chi connectivity index (χ4v) is 4.96. The van der Waals surface area contributed by atoms with E-state index in [1.54, 1.807) is 13.0 Å². The topological polar surface area (TPSA) is 65.5 Å². The zero-order chi connectivity index (χ0) is 20.2. The molecule has 1 aromatic rings. The van der Waals surface area contributed by atoms with Crippen LogP contribution in [0.3, 0.4) is 0 Å². The van der Waals surface area contributed by atoms with Gasteiger partial charge in [-0.1, -0.05) is 6.08 Å². The van der Waals surface area contributed by atoms with Gasteiger partial charge in [0.25, 0.3) is 0 Å². The Balaban J connectivity index is 2.17. The van der Waals surface area contributed by atoms with E-state index in [0.29, 0.717) is 36.1 Å². The molecule has 0 unspecified atom stereocenters. The molecule has 1 fully saturated rings. The molecule has 0 amide bonds. The van der Waals surface area contributed by atoms with Crippen LogP contribution in [0.15, 0.2) is 28.2 Å². The largest absolute Gasteiger partial charge is 0.353 e. The number of alkyl halides is 1. The summed E-state index contributed by atoms with van der Waals surface area (Å²) in [5, 5.41) is 0. The molecule has 1 aliphatic rings. The minimum atomic E-state index is -3.62. The van der Waals surface area contributed by atoms with E-state index in [0.717, 1.165) is 18.9 Å². The van der Waals surface area contributed by atoms with Gasteiger partial charge in [0.2, 0.25) is 10.0 Å². The minimum Gasteiger partial charge on any atom is -0.353 e. The molecule has 9 heteroatoms. The van der Waals surface area contributed by atoms with E-state index >= 15 is 0 Å². The Bertz CT molecular complexity index is 778. The summed E-state index contributed by atoms with van der Waals surface area (Å²) in [5.41, 5.74) is 0.152. The van der Waals surface area contributed by atoms with Crippen molar-refractivity contribution >= 4 is 31.8 Å². The zero-order valence-electron chi connectivity index (χ0n) is 16.1. The molecular formula is C18H28BrFN4O2S. The molecule has 0 saturated carbocycles. The second kappa shape index (κ2) is 8.98. The molecule has 1 aliphatic heterocycles. The first-order valence-corrected chi connectivity index (χ1v) is 11.2. The standard InChI is InChI=1S/C18H28BrFN4O2S/c1-5-6-7-22-27(25,26)15-12-21-17(16(19)14(15)2)23-8-10-24(11-9-23)18(3,4)13-20/h5,12,22H,1,6-11,13H2,2-4H3. The Morgan fingerprint density at radius 1 is 1.37 bits per heavy atom. The van der Waals surface area contributed by atoms with Crippen LogP contribution >= 0.6 is 15.9 Å². The summed E-state index contributed by atoms with van der Waals surface area (Å²) in [6.07, 6.45) is 3.63. The van der Waals surface area contributed by atoms with E-state index < -0.39 is 15.6 Å². The fourth-order valence-electron chi connectivity index (χ4n) is 3.02. The van der Waals surface area contributed by atoms with Crippen molar-refractivity contribution in [3.8, 4) is 0 Å². The highest BCUT2D eigenvalue weighted by Crippen LogP contribution is 2.32. The SMILES string of the molecule is C=CCCNS(=O)(=O)c1cnc(N2CCN(C(C)(C)CF)CC2)c(Br)c1C. The number of anilines is 1. The van der Waals surface area contributed by atoms with E-state index in [4.69, 9.17) is 0 Å². The van der Waals surface area contributed by atoms with Crippen molar-refractivity contribution < 1.29 is 12.8 Å². The van der Waals surface area contributed by atoms with Gasteiger partial charge in [-0.05, 0) is 48.7 Å². The summed E-state index contributed by atoms with van der Waals surface area (Å²) < 4.78 is 41.4. The molecule has 0 bridgehead atoms. The van der Waals surface area contributed by atoms with Crippen molar-refractivity contribution in [2.75, 3.05) is 44.3 Å². The molecule has 27 heavy (non-hydrogen) atoms. The van der Waals surface area contributed by atoms with Crippen LogP contribution in [0.4, 0.5) is 10.2 Å². The third-order valence-corrected chi connectivity index (χ3v) is 7.42. The third kappa shape index (κ3) is 5.07. The second-order valence-corrected chi connectivity index (χ2v) is 9.81. The molecule has 0 atom stereocenters. The molecule has 1 aromatic heterocycles. The van der Waals surface area contributed by atoms with Crippen LogP contribution in [0.1, 0.15) is 25.8 Å². The lowest BCUT2D eigenvalue weighted by Crippen LogP contribution is -2.55. The van der Waals surface area contributed by atoms with Gasteiger partial charge in [-0.25, -0.2) is 22.5 Å². The van der Waals surface area contributed by atoms with E-state index in [9.17, 15) is 12.8 Å². The average Bonchev–Trinajstić information content (AvgIpc) is 2.64. The monoisotopic (exact) mass is 462 g/mol. The van der Waals surface area contributed by atoms with Crippen molar-refractivity contribution in [2.45, 2.75) is 37.6 Å². The lowest BCUT2D eigenvalue weighted by molar-refractivity contribution is 0.0858. The van der Waals surface area contributed by atoms with Crippen LogP contribution in [0.2, 0.25) is 0 Å². The summed E-state index contributed by atoms with van der Waals surface area (Å²) in [4.78, 5) is 8.81. The Morgan fingerprint density at radius 3 is 2.56 bits per heavy atom. The number of sulfonamides is 1. The van der Waals surface area contributed by atoms with E-state index in [1.807, 2.05) is 13.8 Å². The van der Waals surface area contributed by atoms with Gasteiger partial charge in [0.05, 0.1) is 4.47 Å². The Morgan fingerprint density at radius 2 is 2.00 bits per heavy atom. The number of aromatic nitrogens is 1. The third-order valence-electron chi connectivity index (χ3n) is 4.89. The predicted octanol–water partition coefficient (Wildman–Crippen LogP) is 2.88. The number of hydrogen-bond donors (Lipinski definition) is 1. The smallest absolute Gasteiger partial charge is 0.242 e. The average molecular weight is 463 g/mol. The molecule has 1 saturated heterocycles. The molecule has 2 rings (SSSR count). The number of rotatable bonds is 8. The van der Waals surface area contributed by atoms with Crippen molar-refractivity contribution in [1.82, 2.24) is 14.6 Å². The van der Waals surface area contributed by atoms with Gasteiger partial charge in [0.1, 0.15) is 17.4 Å². The van der Waals surface area contributed by atoms with Crippen LogP contribution in [0.25, 0.3) is 0 Å². The molecule has 0 radical (unpaired) electrons. The summed E-state index contributed by atoms with van der Waals surface area (Å²) in [5.74, 6) is 0.718. The van der Waals surface area contributed by atoms with Gasteiger partial charge >= 0.3 is 0 Å². The number of nitrogens with one attached hydrogen (secondary N) is 1. The first kappa shape index (κ1) is 22.3. The van der Waals surface area contributed by atoms with Gasteiger partial charge in [0.15, 0.2) is 0 Å². The summed E-state index contributed by atoms with van der Waals surface area (Å²) >= 11 is 3.52. The quantitative estimate of drug-likeness (QED) is 0.475. The maximum absolute atomic E-state index is 13.2. The highest BCUT2D eigenvalue weighted by Gasteiger charge is 2.31. The maximum atomic E-state index is 13.2. The molecular weight excluding hydrogens is 435 g/mol. The van der Waals surface area contributed by atoms with Crippen LogP contribution in [0, 0.1) is 6.92 Å². The van der Waals surface area contributed by atoms with Crippen LogP contribution in [0.5, 0.6) is 0 Å². The normalized spacial score (nSPS) is 16.6. The molecule has 1 N–H and O–H groups in total. The van der Waals surface area contributed by atoms with Crippen molar-refractivity contribution in [3.05, 3.63) is 28.9 Å². The summed E-state index contributed by atoms with van der Waals surface area (Å²) in [7, 11) is -3.62. The predicted molar refractivity (Wildman–Crippen MR) is 111 cm³/mol. The first-order valence-electron chi connectivity index (χ1n) is 8.95. The van der Waals surface area contributed by atoms with Crippen molar-refractivity contribution in [3.63, 3.8) is 0 Å². The fraction of sp³-hybridized carbons (Fsp3) is 0.611. The molecule has 0 aromatic carbocycles. The van der Waals surface area contributed by atoms with E-state index in [-0.39, 0.29) is 11.6 Å². The zero-order valence-corrected chi connectivity index (χ0v) is 18.5. The first-order chi connectivity index (χ1) is 12.6. The Hall–Kier alpha value is -1.03. The Labute approximate surface area is 170 Å². The van der Waals surface area contributed by atoms with Gasteiger partial charge in [-0.15, -0.1) is 6.58 Å². The maximum Gasteiger partial charge on any atom is 0.242 e. The summed E-state index contributed by atoms with van der Waals surface area (Å²) in [6, 6.07) is 0. The van der Waals surface area contributed by atoms with E-state index in [1.165, 1.54) is 6.20 Å². The lowest BCUT2D eigenvalue weighted by Gasteiger charge is -2.43. The van der Waals surface area contributed by atoms with E-state index in [2.05, 4.69) is 42.0 Å². The van der Waals surface area contributed by atoms with Crippen molar-refractivity contribution in [2.24, 2.45) is 0 Å². The van der Waals surface area contributed by atoms with Gasteiger partial charge in [-0.3, -0.25) is 4.90 Å². The Kier molecular flexibility index (Phi) is 7.40. The minimum absolute atomic E-state index is 0.166. The van der Waals surface area contributed by atoms with Crippen LogP contribution in [-0.4, -0.2) is 63.2 Å². The molecule has 2 heterocycles. The molecule has 0 aliphatic carbocycles. The number of piperazine rings is 1. The second-order valence-electron chi connectivity index (χ2n) is 7.28. The van der Waals surface area contributed by atoms with Crippen molar-refractivity contribution in [1.29, 1.82) is 0 Å². The summed E-state index contributed by atoms with van der Waals surface area (Å²) in [6.45, 7) is 11.9. The highest BCUT2D eigenvalue weighted by molar-refractivity contribution is 9.10. The highest BCUT2D eigenvalue weighted by atomic mass is 79.9. The molecule has 152 valence electrons. The molecule has 6 nitrogen and oxygen atoms in total. The van der Waals surface area contributed by atoms with Crippen LogP contribution in [-0.2, 0) is 10.0 Å². The van der Waals surface area contributed by atoms with Gasteiger partial charge < -0.3 is 4.90 Å². The van der Waals surface area contributed by atoms with Crippen LogP contribution < -0.4 is 9.62 Å². The molecule has 0 spiro atoms. The number of halogens is 2. The number of hydrogen-bond acceptors (Lipinski definition) is 5. The number of nitrogens with zero attached hydrogens (tertiary/aromatic N) is 3. The number of pyridine rings is 1. The van der Waals surface area contributed by atoms with Gasteiger partial charge in [-0.2, -0.15) is 0 Å². The van der Waals surface area contributed by atoms with Gasteiger partial charge in [0, 0.05) is 44.5 Å². The lowest BCUT2D eigenvalue weighted by atomic mass is 10.0.